The summed E-state index contributed by atoms with van der Waals surface area (Å²) >= 11 is 0. The molecule has 0 saturated heterocycles. The van der Waals surface area contributed by atoms with Crippen molar-refractivity contribution in [1.29, 1.82) is 0 Å². The number of hydrogen-bond donors (Lipinski definition) is 3. The number of amides is 1. The van der Waals surface area contributed by atoms with Crippen molar-refractivity contribution >= 4 is 22.8 Å². The predicted octanol–water partition coefficient (Wildman–Crippen LogP) is 2.71. The van der Waals surface area contributed by atoms with Gasteiger partial charge >= 0.3 is 0 Å². The summed E-state index contributed by atoms with van der Waals surface area (Å²) in [4.78, 5) is 24.0. The number of H-pyrrole nitrogens is 1. The summed E-state index contributed by atoms with van der Waals surface area (Å²) in [5, 5.41) is 6.19. The van der Waals surface area contributed by atoms with Gasteiger partial charge in [0.25, 0.3) is 5.91 Å². The molecule has 0 atom stereocenters. The molecule has 0 bridgehead atoms. The molecule has 0 aliphatic heterocycles. The Hall–Kier alpha value is -2.89. The van der Waals surface area contributed by atoms with E-state index >= 15 is 0 Å². The SMILES string of the molecule is O=C(NCc1cc2ncccc2[nH]1)c1ccc(NCC2CC2)nc1. The van der Waals surface area contributed by atoms with Crippen LogP contribution in [0.15, 0.2) is 42.7 Å². The molecule has 3 aromatic heterocycles. The average molecular weight is 321 g/mol. The topological polar surface area (TPSA) is 82.7 Å². The first-order valence-corrected chi connectivity index (χ1v) is 8.19. The fourth-order valence-corrected chi connectivity index (χ4v) is 2.59. The Morgan fingerprint density at radius 1 is 1.25 bits per heavy atom. The number of carbonyl (C=O) groups excluding carboxylic acids is 1. The van der Waals surface area contributed by atoms with Gasteiger partial charge in [-0.15, -0.1) is 0 Å². The molecule has 4 rings (SSSR count). The third kappa shape index (κ3) is 3.37. The number of pyridine rings is 2. The van der Waals surface area contributed by atoms with Gasteiger partial charge in [0.15, 0.2) is 0 Å². The van der Waals surface area contributed by atoms with Crippen LogP contribution in [0, 0.1) is 5.92 Å². The van der Waals surface area contributed by atoms with Gasteiger partial charge in [-0.25, -0.2) is 4.98 Å². The summed E-state index contributed by atoms with van der Waals surface area (Å²) in [6, 6.07) is 9.43. The van der Waals surface area contributed by atoms with Crippen LogP contribution in [0.3, 0.4) is 0 Å². The molecule has 6 nitrogen and oxygen atoms in total. The summed E-state index contributed by atoms with van der Waals surface area (Å²) in [5.74, 6) is 1.48. The Bertz CT molecular complexity index is 818. The second kappa shape index (κ2) is 6.31. The van der Waals surface area contributed by atoms with Crippen molar-refractivity contribution in [1.82, 2.24) is 20.3 Å². The molecule has 3 heterocycles. The van der Waals surface area contributed by atoms with Crippen molar-refractivity contribution in [2.24, 2.45) is 5.92 Å². The maximum atomic E-state index is 12.2. The van der Waals surface area contributed by atoms with Gasteiger partial charge in [-0.05, 0) is 49.1 Å². The maximum absolute atomic E-state index is 12.2. The van der Waals surface area contributed by atoms with Crippen LogP contribution in [0.2, 0.25) is 0 Å². The Kier molecular flexibility index (Phi) is 3.86. The molecule has 1 amide bonds. The number of aromatic nitrogens is 3. The van der Waals surface area contributed by atoms with Gasteiger partial charge in [-0.3, -0.25) is 9.78 Å². The number of hydrogen-bond acceptors (Lipinski definition) is 4. The molecule has 3 N–H and O–H groups in total. The van der Waals surface area contributed by atoms with Crippen molar-refractivity contribution in [3.05, 3.63) is 54.0 Å². The monoisotopic (exact) mass is 321 g/mol. The predicted molar refractivity (Wildman–Crippen MR) is 92.7 cm³/mol. The van der Waals surface area contributed by atoms with Crippen LogP contribution < -0.4 is 10.6 Å². The van der Waals surface area contributed by atoms with Crippen LogP contribution in [-0.2, 0) is 6.54 Å². The number of carbonyl (C=O) groups is 1. The van der Waals surface area contributed by atoms with Crippen molar-refractivity contribution in [3.63, 3.8) is 0 Å². The molecule has 0 spiro atoms. The van der Waals surface area contributed by atoms with Crippen molar-refractivity contribution in [2.75, 3.05) is 11.9 Å². The average Bonchev–Trinajstić information content (AvgIpc) is 3.35. The van der Waals surface area contributed by atoms with Crippen LogP contribution in [-0.4, -0.2) is 27.4 Å². The van der Waals surface area contributed by atoms with E-state index in [0.29, 0.717) is 12.1 Å². The quantitative estimate of drug-likeness (QED) is 0.652. The van der Waals surface area contributed by atoms with E-state index in [4.69, 9.17) is 0 Å². The smallest absolute Gasteiger partial charge is 0.253 e. The molecule has 6 heteroatoms. The molecule has 1 fully saturated rings. The Morgan fingerprint density at radius 3 is 2.92 bits per heavy atom. The zero-order valence-electron chi connectivity index (χ0n) is 13.2. The van der Waals surface area contributed by atoms with Crippen LogP contribution in [0.1, 0.15) is 28.9 Å². The largest absolute Gasteiger partial charge is 0.370 e. The number of anilines is 1. The highest BCUT2D eigenvalue weighted by Crippen LogP contribution is 2.28. The van der Waals surface area contributed by atoms with E-state index in [1.807, 2.05) is 24.3 Å². The normalized spacial score (nSPS) is 13.8. The molecule has 1 aliphatic carbocycles. The number of nitrogens with one attached hydrogen (secondary N) is 3. The number of aromatic amines is 1. The van der Waals surface area contributed by atoms with E-state index in [-0.39, 0.29) is 5.91 Å². The van der Waals surface area contributed by atoms with E-state index < -0.39 is 0 Å². The zero-order valence-corrected chi connectivity index (χ0v) is 13.2. The van der Waals surface area contributed by atoms with Gasteiger partial charge in [0, 0.05) is 24.6 Å². The molecule has 1 saturated carbocycles. The number of fused-ring (bicyclic) bond motifs is 1. The van der Waals surface area contributed by atoms with Gasteiger partial charge in [0.2, 0.25) is 0 Å². The highest BCUT2D eigenvalue weighted by Gasteiger charge is 2.20. The van der Waals surface area contributed by atoms with Crippen LogP contribution >= 0.6 is 0 Å². The number of nitrogens with zero attached hydrogens (tertiary/aromatic N) is 2. The fraction of sp³-hybridized carbons (Fsp3) is 0.278. The third-order valence-corrected chi connectivity index (χ3v) is 4.18. The Balaban J connectivity index is 1.34. The maximum Gasteiger partial charge on any atom is 0.253 e. The lowest BCUT2D eigenvalue weighted by Gasteiger charge is -2.06. The van der Waals surface area contributed by atoms with E-state index in [9.17, 15) is 4.79 Å². The first kappa shape index (κ1) is 14.7. The van der Waals surface area contributed by atoms with Crippen LogP contribution in [0.5, 0.6) is 0 Å². The third-order valence-electron chi connectivity index (χ3n) is 4.18. The van der Waals surface area contributed by atoms with Gasteiger partial charge in [-0.1, -0.05) is 0 Å². The molecular formula is C18H19N5O. The van der Waals surface area contributed by atoms with Crippen molar-refractivity contribution < 1.29 is 4.79 Å². The molecule has 0 unspecified atom stereocenters. The Labute approximate surface area is 139 Å². The fourth-order valence-electron chi connectivity index (χ4n) is 2.59. The lowest BCUT2D eigenvalue weighted by Crippen LogP contribution is -2.23. The van der Waals surface area contributed by atoms with Crippen LogP contribution in [0.4, 0.5) is 5.82 Å². The first-order valence-electron chi connectivity index (χ1n) is 8.19. The van der Waals surface area contributed by atoms with Gasteiger partial charge < -0.3 is 15.6 Å². The minimum absolute atomic E-state index is 0.136. The highest BCUT2D eigenvalue weighted by atomic mass is 16.1. The van der Waals surface area contributed by atoms with Crippen LogP contribution in [0.25, 0.3) is 11.0 Å². The molecule has 1 aliphatic rings. The van der Waals surface area contributed by atoms with Gasteiger partial charge in [0.1, 0.15) is 5.82 Å². The molecular weight excluding hydrogens is 302 g/mol. The van der Waals surface area contributed by atoms with Gasteiger partial charge in [-0.2, -0.15) is 0 Å². The first-order chi connectivity index (χ1) is 11.8. The Morgan fingerprint density at radius 2 is 2.17 bits per heavy atom. The lowest BCUT2D eigenvalue weighted by atomic mass is 10.2. The molecule has 0 aromatic carbocycles. The lowest BCUT2D eigenvalue weighted by molar-refractivity contribution is 0.0950. The summed E-state index contributed by atoms with van der Waals surface area (Å²) in [6.07, 6.45) is 5.97. The van der Waals surface area contributed by atoms with Crippen molar-refractivity contribution in [3.8, 4) is 0 Å². The molecule has 24 heavy (non-hydrogen) atoms. The molecule has 0 radical (unpaired) electrons. The summed E-state index contributed by atoms with van der Waals surface area (Å²) in [5.41, 5.74) is 3.35. The minimum Gasteiger partial charge on any atom is -0.370 e. The van der Waals surface area contributed by atoms with Crippen molar-refractivity contribution in [2.45, 2.75) is 19.4 Å². The second-order valence-corrected chi connectivity index (χ2v) is 6.17. The van der Waals surface area contributed by atoms with E-state index in [1.165, 1.54) is 12.8 Å². The van der Waals surface area contributed by atoms with Gasteiger partial charge in [0.05, 0.1) is 23.1 Å². The standard InChI is InChI=1S/C18H19N5O/c24-18(13-5-6-17(21-10-13)20-9-12-3-4-12)22-11-14-8-16-15(23-14)2-1-7-19-16/h1-2,5-8,10,12,23H,3-4,9,11H2,(H,20,21)(H,22,24). The molecule has 3 aromatic rings. The van der Waals surface area contributed by atoms with E-state index in [2.05, 4.69) is 25.6 Å². The molecule has 122 valence electrons. The highest BCUT2D eigenvalue weighted by molar-refractivity contribution is 5.94. The summed E-state index contributed by atoms with van der Waals surface area (Å²) < 4.78 is 0. The minimum atomic E-state index is -0.136. The zero-order chi connectivity index (χ0) is 16.4. The summed E-state index contributed by atoms with van der Waals surface area (Å²) in [6.45, 7) is 1.39. The summed E-state index contributed by atoms with van der Waals surface area (Å²) in [7, 11) is 0. The number of rotatable bonds is 6. The second-order valence-electron chi connectivity index (χ2n) is 6.17. The van der Waals surface area contributed by atoms with E-state index in [0.717, 1.165) is 35.0 Å². The van der Waals surface area contributed by atoms with E-state index in [1.54, 1.807) is 18.5 Å².